The minimum atomic E-state index is -0.340. The van der Waals surface area contributed by atoms with Crippen LogP contribution >= 0.6 is 11.6 Å². The number of fused-ring (bicyclic) bond motifs is 1. The normalized spacial score (nSPS) is 30.8. The van der Waals surface area contributed by atoms with Crippen molar-refractivity contribution in [3.05, 3.63) is 34.9 Å². The van der Waals surface area contributed by atoms with E-state index in [0.717, 1.165) is 25.1 Å². The van der Waals surface area contributed by atoms with Crippen LogP contribution in [0.25, 0.3) is 0 Å². The van der Waals surface area contributed by atoms with Gasteiger partial charge in [0, 0.05) is 18.1 Å². The topological polar surface area (TPSA) is 54.1 Å². The zero-order valence-corrected chi connectivity index (χ0v) is 11.1. The summed E-state index contributed by atoms with van der Waals surface area (Å²) in [5.41, 5.74) is 1.06. The molecule has 0 unspecified atom stereocenters. The summed E-state index contributed by atoms with van der Waals surface area (Å²) in [6.07, 6.45) is 1.04. The molecule has 0 radical (unpaired) electrons. The van der Waals surface area contributed by atoms with E-state index >= 15 is 0 Å². The van der Waals surface area contributed by atoms with Gasteiger partial charge in [0.2, 0.25) is 0 Å². The van der Waals surface area contributed by atoms with Gasteiger partial charge < -0.3 is 0 Å². The summed E-state index contributed by atoms with van der Waals surface area (Å²) in [7, 11) is 0. The summed E-state index contributed by atoms with van der Waals surface area (Å²) >= 11 is 5.91. The monoisotopic (exact) mass is 272 g/mol. The van der Waals surface area contributed by atoms with E-state index in [0.29, 0.717) is 5.02 Å². The minimum Gasteiger partial charge on any atom is -0.232 e. The third-order valence-corrected chi connectivity index (χ3v) is 4.17. The number of halogens is 1. The molecule has 3 rings (SSSR count). The standard InChI is InChI=1S/C14H13ClN4/c15-11-4-2-10(3-5-11)14-12(8-16)13(9-17)18-6-1-7-19(14)18/h2-5,12-14H,1,6-7H2/t12-,13-,14-/m1/s1. The maximum atomic E-state index is 9.43. The second-order valence-corrected chi connectivity index (χ2v) is 5.34. The van der Waals surface area contributed by atoms with Gasteiger partial charge in [0.1, 0.15) is 6.04 Å². The number of benzene rings is 1. The molecule has 2 aliphatic rings. The summed E-state index contributed by atoms with van der Waals surface area (Å²) in [5, 5.41) is 23.7. The highest BCUT2D eigenvalue weighted by Gasteiger charge is 2.50. The van der Waals surface area contributed by atoms with Crippen molar-refractivity contribution in [3.8, 4) is 12.1 Å². The molecule has 0 N–H and O–H groups in total. The van der Waals surface area contributed by atoms with Gasteiger partial charge in [0.15, 0.2) is 0 Å². The maximum absolute atomic E-state index is 9.43. The SMILES string of the molecule is N#C[C@@H]1[C@@H](C#N)N2CCCN2[C@@H]1c1ccc(Cl)cc1. The highest BCUT2D eigenvalue weighted by Crippen LogP contribution is 2.43. The van der Waals surface area contributed by atoms with Gasteiger partial charge in [0.25, 0.3) is 0 Å². The summed E-state index contributed by atoms with van der Waals surface area (Å²) < 4.78 is 0. The molecule has 3 atom stereocenters. The van der Waals surface area contributed by atoms with E-state index in [1.54, 1.807) is 0 Å². The molecule has 0 saturated carbocycles. The molecule has 0 aliphatic carbocycles. The number of hydrogen-bond acceptors (Lipinski definition) is 4. The van der Waals surface area contributed by atoms with Crippen LogP contribution in [0.3, 0.4) is 0 Å². The van der Waals surface area contributed by atoms with Crippen molar-refractivity contribution < 1.29 is 0 Å². The number of rotatable bonds is 1. The highest BCUT2D eigenvalue weighted by molar-refractivity contribution is 6.30. The molecular weight excluding hydrogens is 260 g/mol. The van der Waals surface area contributed by atoms with E-state index in [1.165, 1.54) is 0 Å². The average molecular weight is 273 g/mol. The van der Waals surface area contributed by atoms with E-state index in [1.807, 2.05) is 29.3 Å². The first-order valence-electron chi connectivity index (χ1n) is 6.34. The maximum Gasteiger partial charge on any atom is 0.129 e. The van der Waals surface area contributed by atoms with Crippen LogP contribution < -0.4 is 0 Å². The Morgan fingerprint density at radius 1 is 1.05 bits per heavy atom. The first-order valence-corrected chi connectivity index (χ1v) is 6.72. The first kappa shape index (κ1) is 12.4. The molecule has 1 aromatic rings. The van der Waals surface area contributed by atoms with Crippen molar-refractivity contribution in [1.29, 1.82) is 10.5 Å². The molecule has 5 heteroatoms. The van der Waals surface area contributed by atoms with Gasteiger partial charge >= 0.3 is 0 Å². The van der Waals surface area contributed by atoms with Crippen molar-refractivity contribution in [2.45, 2.75) is 18.5 Å². The van der Waals surface area contributed by atoms with Crippen LogP contribution in [0.2, 0.25) is 5.02 Å². The number of nitriles is 2. The zero-order valence-electron chi connectivity index (χ0n) is 10.3. The Morgan fingerprint density at radius 3 is 2.37 bits per heavy atom. The summed E-state index contributed by atoms with van der Waals surface area (Å²) in [5.74, 6) is -0.313. The second kappa shape index (κ2) is 4.83. The molecule has 2 aliphatic heterocycles. The Bertz CT molecular complexity index is 556. The van der Waals surface area contributed by atoms with Crippen molar-refractivity contribution in [2.24, 2.45) is 5.92 Å². The van der Waals surface area contributed by atoms with Crippen LogP contribution in [0, 0.1) is 28.6 Å². The highest BCUT2D eigenvalue weighted by atomic mass is 35.5. The fraction of sp³-hybridized carbons (Fsp3) is 0.429. The summed E-state index contributed by atoms with van der Waals surface area (Å²) in [4.78, 5) is 0. The van der Waals surface area contributed by atoms with Gasteiger partial charge in [-0.05, 0) is 24.1 Å². The van der Waals surface area contributed by atoms with Crippen LogP contribution in [0.15, 0.2) is 24.3 Å². The largest absolute Gasteiger partial charge is 0.232 e. The van der Waals surface area contributed by atoms with E-state index in [2.05, 4.69) is 17.1 Å². The predicted molar refractivity (Wildman–Crippen MR) is 70.7 cm³/mol. The number of hydrogen-bond donors (Lipinski definition) is 0. The molecule has 0 aromatic heterocycles. The lowest BCUT2D eigenvalue weighted by Crippen LogP contribution is -2.35. The van der Waals surface area contributed by atoms with Crippen LogP contribution in [-0.2, 0) is 0 Å². The Labute approximate surface area is 117 Å². The van der Waals surface area contributed by atoms with E-state index < -0.39 is 0 Å². The molecule has 1 aromatic carbocycles. The van der Waals surface area contributed by atoms with Gasteiger partial charge in [-0.1, -0.05) is 23.7 Å². The van der Waals surface area contributed by atoms with E-state index in [9.17, 15) is 10.5 Å². The van der Waals surface area contributed by atoms with Crippen molar-refractivity contribution in [3.63, 3.8) is 0 Å². The van der Waals surface area contributed by atoms with E-state index in [4.69, 9.17) is 11.6 Å². The lowest BCUT2D eigenvalue weighted by Gasteiger charge is -2.25. The molecule has 0 amide bonds. The molecule has 2 fully saturated rings. The van der Waals surface area contributed by atoms with Crippen LogP contribution in [0.4, 0.5) is 0 Å². The Morgan fingerprint density at radius 2 is 1.74 bits per heavy atom. The van der Waals surface area contributed by atoms with Crippen LogP contribution in [0.1, 0.15) is 18.0 Å². The second-order valence-electron chi connectivity index (χ2n) is 4.90. The third kappa shape index (κ3) is 1.89. The molecule has 2 saturated heterocycles. The zero-order chi connectivity index (χ0) is 13.4. The van der Waals surface area contributed by atoms with Gasteiger partial charge in [0.05, 0.1) is 24.1 Å². The van der Waals surface area contributed by atoms with Crippen molar-refractivity contribution >= 4 is 11.6 Å². The average Bonchev–Trinajstić information content (AvgIpc) is 2.98. The smallest absolute Gasteiger partial charge is 0.129 e. The van der Waals surface area contributed by atoms with Crippen molar-refractivity contribution in [2.75, 3.05) is 13.1 Å². The number of nitrogens with zero attached hydrogens (tertiary/aromatic N) is 4. The van der Waals surface area contributed by atoms with Gasteiger partial charge in [-0.25, -0.2) is 10.0 Å². The Kier molecular flexibility index (Phi) is 3.16. The molecule has 0 bridgehead atoms. The van der Waals surface area contributed by atoms with E-state index in [-0.39, 0.29) is 18.0 Å². The fourth-order valence-corrected chi connectivity index (χ4v) is 3.25. The molecule has 2 heterocycles. The van der Waals surface area contributed by atoms with Gasteiger partial charge in [-0.15, -0.1) is 0 Å². The van der Waals surface area contributed by atoms with Crippen molar-refractivity contribution in [1.82, 2.24) is 10.0 Å². The molecular formula is C14H13ClN4. The minimum absolute atomic E-state index is 0.0329. The lowest BCUT2D eigenvalue weighted by atomic mass is 9.90. The molecule has 0 spiro atoms. The Hall–Kier alpha value is -1.59. The molecule has 96 valence electrons. The third-order valence-electron chi connectivity index (χ3n) is 3.92. The van der Waals surface area contributed by atoms with Crippen LogP contribution in [0.5, 0.6) is 0 Å². The molecule has 19 heavy (non-hydrogen) atoms. The number of hydrazine groups is 1. The lowest BCUT2D eigenvalue weighted by molar-refractivity contribution is 0.0383. The predicted octanol–water partition coefficient (Wildman–Crippen LogP) is 2.35. The van der Waals surface area contributed by atoms with Gasteiger partial charge in [-0.2, -0.15) is 10.5 Å². The Balaban J connectivity index is 2.01. The first-order chi connectivity index (χ1) is 9.26. The summed E-state index contributed by atoms with van der Waals surface area (Å²) in [6.45, 7) is 1.77. The molecule has 4 nitrogen and oxygen atoms in total. The summed E-state index contributed by atoms with van der Waals surface area (Å²) in [6, 6.07) is 11.8. The van der Waals surface area contributed by atoms with Gasteiger partial charge in [-0.3, -0.25) is 0 Å². The quantitative estimate of drug-likeness (QED) is 0.787. The fourth-order valence-electron chi connectivity index (χ4n) is 3.12. The van der Waals surface area contributed by atoms with Crippen LogP contribution in [-0.4, -0.2) is 29.1 Å².